The molecule has 0 aliphatic carbocycles. The summed E-state index contributed by atoms with van der Waals surface area (Å²) in [5, 5.41) is 3.44. The minimum Gasteiger partial charge on any atom is -0.544 e. The predicted octanol–water partition coefficient (Wildman–Crippen LogP) is 2.59. The largest absolute Gasteiger partial charge is 0.544 e. The van der Waals surface area contributed by atoms with Crippen LogP contribution in [0.1, 0.15) is 11.1 Å². The van der Waals surface area contributed by atoms with Gasteiger partial charge < -0.3 is 9.74 Å². The molecule has 0 saturated heterocycles. The van der Waals surface area contributed by atoms with Crippen molar-refractivity contribution in [3.63, 3.8) is 0 Å². The highest BCUT2D eigenvalue weighted by molar-refractivity contribution is 6.70. The molecule has 0 amide bonds. The Kier molecular flexibility index (Phi) is 3.35. The van der Waals surface area contributed by atoms with Crippen molar-refractivity contribution in [1.29, 1.82) is 0 Å². The van der Waals surface area contributed by atoms with Crippen molar-refractivity contribution in [2.75, 3.05) is 13.1 Å². The van der Waals surface area contributed by atoms with Gasteiger partial charge in [-0.25, -0.2) is 0 Å². The third-order valence-electron chi connectivity index (χ3n) is 2.77. The first-order chi connectivity index (χ1) is 7.56. The van der Waals surface area contributed by atoms with Crippen LogP contribution in [0.3, 0.4) is 0 Å². The molecule has 0 bridgehead atoms. The van der Waals surface area contributed by atoms with Gasteiger partial charge in [-0.3, -0.25) is 0 Å². The number of hydrogen-bond donors (Lipinski definition) is 1. The standard InChI is InChI=1S/C13H21NOSi/c1-16(2,3)15-13-6-4-5-11-7-9-14-10-8-12(11)13/h4-6,14H,7-10H2,1-3H3. The van der Waals surface area contributed by atoms with Crippen molar-refractivity contribution >= 4 is 8.32 Å². The Labute approximate surface area is 99.1 Å². The minimum atomic E-state index is -1.49. The van der Waals surface area contributed by atoms with Crippen LogP contribution in [0.2, 0.25) is 19.6 Å². The van der Waals surface area contributed by atoms with Gasteiger partial charge >= 0.3 is 0 Å². The summed E-state index contributed by atoms with van der Waals surface area (Å²) in [5.41, 5.74) is 2.88. The van der Waals surface area contributed by atoms with Gasteiger partial charge in [0, 0.05) is 0 Å². The van der Waals surface area contributed by atoms with Gasteiger partial charge in [0.25, 0.3) is 0 Å². The van der Waals surface area contributed by atoms with Gasteiger partial charge in [0.2, 0.25) is 8.32 Å². The monoisotopic (exact) mass is 235 g/mol. The fourth-order valence-electron chi connectivity index (χ4n) is 2.12. The zero-order chi connectivity index (χ0) is 11.6. The molecule has 0 spiro atoms. The molecule has 2 rings (SSSR count). The molecule has 0 radical (unpaired) electrons. The van der Waals surface area contributed by atoms with E-state index in [4.69, 9.17) is 4.43 Å². The van der Waals surface area contributed by atoms with Gasteiger partial charge in [-0.2, -0.15) is 0 Å². The molecule has 0 atom stereocenters. The SMILES string of the molecule is C[Si](C)(C)Oc1cccc2c1CCNCC2. The fraction of sp³-hybridized carbons (Fsp3) is 0.538. The third kappa shape index (κ3) is 2.86. The second-order valence-corrected chi connectivity index (χ2v) is 9.79. The lowest BCUT2D eigenvalue weighted by Gasteiger charge is -2.22. The highest BCUT2D eigenvalue weighted by Gasteiger charge is 2.20. The number of benzene rings is 1. The lowest BCUT2D eigenvalue weighted by Crippen LogP contribution is -2.30. The molecule has 1 aliphatic rings. The third-order valence-corrected chi connectivity index (χ3v) is 3.60. The molecule has 1 heterocycles. The number of hydrogen-bond acceptors (Lipinski definition) is 2. The Hall–Kier alpha value is -0.803. The quantitative estimate of drug-likeness (QED) is 0.796. The van der Waals surface area contributed by atoms with Crippen LogP contribution in [0.15, 0.2) is 18.2 Å². The average molecular weight is 235 g/mol. The molecule has 3 heteroatoms. The van der Waals surface area contributed by atoms with Crippen LogP contribution in [0, 0.1) is 0 Å². The van der Waals surface area contributed by atoms with E-state index in [2.05, 4.69) is 43.2 Å². The van der Waals surface area contributed by atoms with Crippen LogP contribution in [0.25, 0.3) is 0 Å². The van der Waals surface area contributed by atoms with Crippen molar-refractivity contribution in [3.05, 3.63) is 29.3 Å². The Balaban J connectivity index is 2.31. The number of nitrogens with one attached hydrogen (secondary N) is 1. The van der Waals surface area contributed by atoms with Gasteiger partial charge in [-0.1, -0.05) is 12.1 Å². The Morgan fingerprint density at radius 2 is 1.88 bits per heavy atom. The van der Waals surface area contributed by atoms with Gasteiger partial charge in [-0.15, -0.1) is 0 Å². The van der Waals surface area contributed by atoms with Crippen LogP contribution in [0.5, 0.6) is 5.75 Å². The van der Waals surface area contributed by atoms with Gasteiger partial charge in [0.05, 0.1) is 0 Å². The van der Waals surface area contributed by atoms with Crippen LogP contribution >= 0.6 is 0 Å². The summed E-state index contributed by atoms with van der Waals surface area (Å²) in [6.45, 7) is 8.87. The Morgan fingerprint density at radius 1 is 1.12 bits per heavy atom. The maximum absolute atomic E-state index is 6.17. The first-order valence-electron chi connectivity index (χ1n) is 6.07. The zero-order valence-corrected chi connectivity index (χ0v) is 11.5. The summed E-state index contributed by atoms with van der Waals surface area (Å²) in [4.78, 5) is 0. The fourth-order valence-corrected chi connectivity index (χ4v) is 2.97. The average Bonchev–Trinajstić information content (AvgIpc) is 2.41. The zero-order valence-electron chi connectivity index (χ0n) is 10.5. The van der Waals surface area contributed by atoms with Crippen LogP contribution in [0.4, 0.5) is 0 Å². The Morgan fingerprint density at radius 3 is 2.62 bits per heavy atom. The van der Waals surface area contributed by atoms with Crippen molar-refractivity contribution in [3.8, 4) is 5.75 Å². The summed E-state index contributed by atoms with van der Waals surface area (Å²) < 4.78 is 6.17. The number of fused-ring (bicyclic) bond motifs is 1. The van der Waals surface area contributed by atoms with Crippen LogP contribution < -0.4 is 9.74 Å². The van der Waals surface area contributed by atoms with Crippen molar-refractivity contribution in [2.24, 2.45) is 0 Å². The summed E-state index contributed by atoms with van der Waals surface area (Å²) in [7, 11) is -1.49. The molecule has 88 valence electrons. The van der Waals surface area contributed by atoms with E-state index in [0.29, 0.717) is 0 Å². The molecule has 1 aromatic carbocycles. The second kappa shape index (κ2) is 4.59. The lowest BCUT2D eigenvalue weighted by atomic mass is 10.0. The van der Waals surface area contributed by atoms with Crippen molar-refractivity contribution in [1.82, 2.24) is 5.32 Å². The molecule has 0 saturated carbocycles. The highest BCUT2D eigenvalue weighted by Crippen LogP contribution is 2.26. The minimum absolute atomic E-state index is 1.07. The van der Waals surface area contributed by atoms with E-state index in [9.17, 15) is 0 Å². The van der Waals surface area contributed by atoms with Gasteiger partial charge in [0.1, 0.15) is 5.75 Å². The van der Waals surface area contributed by atoms with E-state index in [1.54, 1.807) is 0 Å². The van der Waals surface area contributed by atoms with E-state index in [-0.39, 0.29) is 0 Å². The summed E-state index contributed by atoms with van der Waals surface area (Å²) in [6.07, 6.45) is 2.22. The topological polar surface area (TPSA) is 21.3 Å². The van der Waals surface area contributed by atoms with Gasteiger partial charge in [-0.05, 0) is 62.8 Å². The van der Waals surface area contributed by atoms with Crippen molar-refractivity contribution < 1.29 is 4.43 Å². The maximum atomic E-state index is 6.17. The second-order valence-electron chi connectivity index (χ2n) is 5.36. The molecule has 1 aliphatic heterocycles. The number of rotatable bonds is 2. The molecule has 16 heavy (non-hydrogen) atoms. The van der Waals surface area contributed by atoms with E-state index in [0.717, 1.165) is 31.7 Å². The normalized spacial score (nSPS) is 16.4. The maximum Gasteiger partial charge on any atom is 0.242 e. The predicted molar refractivity (Wildman–Crippen MR) is 70.7 cm³/mol. The Bertz CT molecular complexity index is 371. The molecule has 2 nitrogen and oxygen atoms in total. The summed E-state index contributed by atoms with van der Waals surface area (Å²) >= 11 is 0. The van der Waals surface area contributed by atoms with E-state index in [1.807, 2.05) is 0 Å². The molecule has 0 aromatic heterocycles. The molecule has 0 fully saturated rings. The molecular weight excluding hydrogens is 214 g/mol. The molecule has 0 unspecified atom stereocenters. The highest BCUT2D eigenvalue weighted by atomic mass is 28.4. The van der Waals surface area contributed by atoms with Crippen molar-refractivity contribution in [2.45, 2.75) is 32.5 Å². The molecule has 1 N–H and O–H groups in total. The first kappa shape index (κ1) is 11.7. The molecule has 1 aromatic rings. The van der Waals surface area contributed by atoms with E-state index >= 15 is 0 Å². The van der Waals surface area contributed by atoms with Crippen LogP contribution in [-0.2, 0) is 12.8 Å². The summed E-state index contributed by atoms with van der Waals surface area (Å²) in [6, 6.07) is 6.49. The van der Waals surface area contributed by atoms with Gasteiger partial charge in [0.15, 0.2) is 0 Å². The van der Waals surface area contributed by atoms with Crippen LogP contribution in [-0.4, -0.2) is 21.4 Å². The first-order valence-corrected chi connectivity index (χ1v) is 9.47. The summed E-state index contributed by atoms with van der Waals surface area (Å²) in [5.74, 6) is 1.13. The molecular formula is C13H21NOSi. The lowest BCUT2D eigenvalue weighted by molar-refractivity contribution is 0.548. The van der Waals surface area contributed by atoms with E-state index < -0.39 is 8.32 Å². The smallest absolute Gasteiger partial charge is 0.242 e. The van der Waals surface area contributed by atoms with E-state index in [1.165, 1.54) is 11.1 Å².